The van der Waals surface area contributed by atoms with Gasteiger partial charge < -0.3 is 15.2 Å². The van der Waals surface area contributed by atoms with Crippen molar-refractivity contribution in [3.05, 3.63) is 47.9 Å². The number of hydrogen-bond donors (Lipinski definition) is 2. The van der Waals surface area contributed by atoms with Crippen LogP contribution in [0.4, 0.5) is 18.9 Å². The van der Waals surface area contributed by atoms with Crippen LogP contribution in [0.25, 0.3) is 10.9 Å². The zero-order chi connectivity index (χ0) is 24.5. The smallest absolute Gasteiger partial charge is 0.433 e. The van der Waals surface area contributed by atoms with Crippen molar-refractivity contribution in [2.24, 2.45) is 5.92 Å². The molecule has 0 unspecified atom stereocenters. The number of amides is 1. The Hall–Kier alpha value is -3.14. The second-order valence-electron chi connectivity index (χ2n) is 8.90. The summed E-state index contributed by atoms with van der Waals surface area (Å²) in [4.78, 5) is 16.2. The van der Waals surface area contributed by atoms with Crippen LogP contribution in [0.3, 0.4) is 0 Å². The summed E-state index contributed by atoms with van der Waals surface area (Å²) in [5.41, 5.74) is -0.461. The van der Waals surface area contributed by atoms with E-state index in [-0.39, 0.29) is 24.4 Å². The molecule has 1 aliphatic carbocycles. The highest BCUT2D eigenvalue weighted by Crippen LogP contribution is 2.35. The van der Waals surface area contributed by atoms with Gasteiger partial charge in [0.1, 0.15) is 17.1 Å². The van der Waals surface area contributed by atoms with Crippen molar-refractivity contribution in [2.45, 2.75) is 57.9 Å². The van der Waals surface area contributed by atoms with Crippen molar-refractivity contribution < 1.29 is 27.8 Å². The second-order valence-corrected chi connectivity index (χ2v) is 8.90. The van der Waals surface area contributed by atoms with Crippen LogP contribution in [0.15, 0.2) is 36.5 Å². The molecule has 2 N–H and O–H groups in total. The monoisotopic (exact) mass is 476 g/mol. The van der Waals surface area contributed by atoms with Crippen molar-refractivity contribution in [3.63, 3.8) is 0 Å². The van der Waals surface area contributed by atoms with Crippen LogP contribution in [0.1, 0.15) is 61.8 Å². The summed E-state index contributed by atoms with van der Waals surface area (Å²) in [5, 5.41) is 17.5. The van der Waals surface area contributed by atoms with Crippen LogP contribution in [-0.4, -0.2) is 38.5 Å². The Morgan fingerprint density at radius 3 is 2.62 bits per heavy atom. The topological polar surface area (TPSA) is 89.3 Å². The van der Waals surface area contributed by atoms with E-state index < -0.39 is 17.8 Å². The van der Waals surface area contributed by atoms with Crippen LogP contribution in [0, 0.1) is 5.92 Å². The van der Waals surface area contributed by atoms with E-state index in [0.29, 0.717) is 22.9 Å². The Kier molecular flexibility index (Phi) is 6.79. The Labute approximate surface area is 194 Å². The van der Waals surface area contributed by atoms with Crippen LogP contribution in [0.2, 0.25) is 0 Å². The number of anilines is 1. The van der Waals surface area contributed by atoms with Gasteiger partial charge in [0.2, 0.25) is 0 Å². The third-order valence-electron chi connectivity index (χ3n) is 5.96. The molecule has 34 heavy (non-hydrogen) atoms. The summed E-state index contributed by atoms with van der Waals surface area (Å²) < 4.78 is 46.8. The summed E-state index contributed by atoms with van der Waals surface area (Å²) in [6.07, 6.45) is 0.756. The number of benzene rings is 1. The van der Waals surface area contributed by atoms with Crippen molar-refractivity contribution in [1.29, 1.82) is 0 Å². The Morgan fingerprint density at radius 1 is 1.24 bits per heavy atom. The van der Waals surface area contributed by atoms with E-state index in [9.17, 15) is 23.1 Å². The first-order valence-corrected chi connectivity index (χ1v) is 11.3. The third kappa shape index (κ3) is 5.32. The molecule has 0 spiro atoms. The van der Waals surface area contributed by atoms with Crippen LogP contribution in [-0.2, 0) is 6.18 Å². The fourth-order valence-corrected chi connectivity index (χ4v) is 4.21. The minimum Gasteiger partial charge on any atom is -0.489 e. The zero-order valence-electron chi connectivity index (χ0n) is 19.0. The number of hydrogen-bond acceptors (Lipinski definition) is 5. The molecule has 1 saturated carbocycles. The summed E-state index contributed by atoms with van der Waals surface area (Å²) in [5.74, 6) is -0.0654. The molecular formula is C24H27F3N4O3. The van der Waals surface area contributed by atoms with Gasteiger partial charge in [-0.05, 0) is 63.6 Å². The van der Waals surface area contributed by atoms with Crippen LogP contribution in [0.5, 0.6) is 5.75 Å². The lowest BCUT2D eigenvalue weighted by molar-refractivity contribution is -0.141. The average molecular weight is 476 g/mol. The maximum absolute atomic E-state index is 13.0. The first kappa shape index (κ1) is 24.0. The summed E-state index contributed by atoms with van der Waals surface area (Å²) in [6, 6.07) is 6.85. The molecule has 1 fully saturated rings. The number of aliphatic hydroxyl groups excluding tert-OH is 1. The molecule has 0 bridgehead atoms. The summed E-state index contributed by atoms with van der Waals surface area (Å²) in [6.45, 7) is 3.87. The standard InChI is InChI=1S/C24H27F3N4O3/c1-14(2)34-21-11-19-16(12-31(30-19)17-8-6-15(13-32)7-9-17)10-20(21)29-23(33)18-4-3-5-22(28-18)24(25,26)27/h3-5,10-12,14-15,17,32H,6-9,13H2,1-2H3,(H,29,33)/t15-,17-. The molecule has 4 rings (SSSR count). The van der Waals surface area contributed by atoms with E-state index in [0.717, 1.165) is 43.2 Å². The van der Waals surface area contributed by atoms with Gasteiger partial charge >= 0.3 is 6.18 Å². The number of pyridine rings is 1. The van der Waals surface area contributed by atoms with Crippen molar-refractivity contribution in [3.8, 4) is 5.75 Å². The maximum atomic E-state index is 13.0. The predicted molar refractivity (Wildman–Crippen MR) is 121 cm³/mol. The van der Waals surface area contributed by atoms with Gasteiger partial charge in [0, 0.05) is 24.3 Å². The van der Waals surface area contributed by atoms with Crippen molar-refractivity contribution >= 4 is 22.5 Å². The van der Waals surface area contributed by atoms with Crippen molar-refractivity contribution in [1.82, 2.24) is 14.8 Å². The molecule has 10 heteroatoms. The number of nitrogens with zero attached hydrogens (tertiary/aromatic N) is 3. The Morgan fingerprint density at radius 2 is 1.97 bits per heavy atom. The van der Waals surface area contributed by atoms with Gasteiger partial charge in [0.25, 0.3) is 5.91 Å². The number of nitrogens with one attached hydrogen (secondary N) is 1. The fourth-order valence-electron chi connectivity index (χ4n) is 4.21. The molecule has 3 aromatic rings. The van der Waals surface area contributed by atoms with Crippen molar-refractivity contribution in [2.75, 3.05) is 11.9 Å². The molecule has 1 aliphatic rings. The lowest BCUT2D eigenvalue weighted by atomic mass is 9.87. The highest BCUT2D eigenvalue weighted by Gasteiger charge is 2.33. The molecule has 7 nitrogen and oxygen atoms in total. The van der Waals surface area contributed by atoms with E-state index in [2.05, 4.69) is 10.3 Å². The molecule has 0 radical (unpaired) electrons. The van der Waals surface area contributed by atoms with E-state index in [1.165, 1.54) is 6.07 Å². The number of alkyl halides is 3. The van der Waals surface area contributed by atoms with Crippen LogP contribution >= 0.6 is 0 Å². The first-order valence-electron chi connectivity index (χ1n) is 11.3. The minimum atomic E-state index is -4.65. The Bertz CT molecular complexity index is 1170. The minimum absolute atomic E-state index is 0.198. The molecule has 2 aromatic heterocycles. The number of halogens is 3. The number of fused-ring (bicyclic) bond motifs is 1. The average Bonchev–Trinajstić information content (AvgIpc) is 3.21. The zero-order valence-corrected chi connectivity index (χ0v) is 19.0. The summed E-state index contributed by atoms with van der Waals surface area (Å²) in [7, 11) is 0. The highest BCUT2D eigenvalue weighted by molar-refractivity contribution is 6.05. The molecule has 0 aliphatic heterocycles. The Balaban J connectivity index is 1.62. The van der Waals surface area contributed by atoms with E-state index in [4.69, 9.17) is 9.84 Å². The SMILES string of the molecule is CC(C)Oc1cc2nn([C@H]3CC[C@H](CO)CC3)cc2cc1NC(=O)c1cccc(C(F)(F)F)n1. The van der Waals surface area contributed by atoms with Gasteiger partial charge in [-0.25, -0.2) is 4.98 Å². The van der Waals surface area contributed by atoms with Crippen LogP contribution < -0.4 is 10.1 Å². The molecular weight excluding hydrogens is 449 g/mol. The molecule has 1 amide bonds. The molecule has 1 aromatic carbocycles. The molecule has 2 heterocycles. The number of carbonyl (C=O) groups is 1. The second kappa shape index (κ2) is 9.61. The van der Waals surface area contributed by atoms with Gasteiger partial charge in [-0.15, -0.1) is 0 Å². The number of aliphatic hydroxyl groups is 1. The third-order valence-corrected chi connectivity index (χ3v) is 5.96. The van der Waals surface area contributed by atoms with E-state index in [1.807, 2.05) is 24.7 Å². The molecule has 0 atom stereocenters. The highest BCUT2D eigenvalue weighted by atomic mass is 19.4. The number of rotatable bonds is 6. The molecule has 182 valence electrons. The van der Waals surface area contributed by atoms with E-state index in [1.54, 1.807) is 12.1 Å². The van der Waals surface area contributed by atoms with E-state index >= 15 is 0 Å². The lowest BCUT2D eigenvalue weighted by Gasteiger charge is -2.27. The number of aromatic nitrogens is 3. The van der Waals surface area contributed by atoms with Gasteiger partial charge in [0.05, 0.1) is 23.3 Å². The fraction of sp³-hybridized carbons (Fsp3) is 0.458. The number of ether oxygens (including phenoxy) is 1. The van der Waals surface area contributed by atoms with Gasteiger partial charge in [-0.3, -0.25) is 9.48 Å². The number of carbonyl (C=O) groups excluding carboxylic acids is 1. The summed E-state index contributed by atoms with van der Waals surface area (Å²) >= 11 is 0. The largest absolute Gasteiger partial charge is 0.489 e. The first-order chi connectivity index (χ1) is 16.1. The van der Waals surface area contributed by atoms with Gasteiger partial charge in [0.15, 0.2) is 0 Å². The lowest BCUT2D eigenvalue weighted by Crippen LogP contribution is -2.20. The normalized spacial score (nSPS) is 18.9. The predicted octanol–water partition coefficient (Wildman–Crippen LogP) is 5.21. The van der Waals surface area contributed by atoms with Gasteiger partial charge in [-0.2, -0.15) is 18.3 Å². The molecule has 0 saturated heterocycles. The quantitative estimate of drug-likeness (QED) is 0.510. The van der Waals surface area contributed by atoms with Gasteiger partial charge in [-0.1, -0.05) is 6.07 Å². The maximum Gasteiger partial charge on any atom is 0.433 e.